The van der Waals surface area contributed by atoms with Crippen LogP contribution in [0.3, 0.4) is 0 Å². The van der Waals surface area contributed by atoms with Crippen LogP contribution in [0, 0.1) is 5.92 Å². The first kappa shape index (κ1) is 14.7. The van der Waals surface area contributed by atoms with Crippen LogP contribution in [0.4, 0.5) is 0 Å². The van der Waals surface area contributed by atoms with Gasteiger partial charge in [0.15, 0.2) is 0 Å². The number of nitrogens with one attached hydrogen (secondary N) is 2. The van der Waals surface area contributed by atoms with Gasteiger partial charge in [0.25, 0.3) is 0 Å². The Hall–Kier alpha value is -0.320. The molecule has 5 heteroatoms. The summed E-state index contributed by atoms with van der Waals surface area (Å²) in [6.45, 7) is 6.04. The van der Waals surface area contributed by atoms with E-state index in [1.165, 1.54) is 0 Å². The molecule has 1 aliphatic rings. The van der Waals surface area contributed by atoms with Crippen molar-refractivity contribution in [3.63, 3.8) is 0 Å². The lowest BCUT2D eigenvalue weighted by molar-refractivity contribution is -0.123. The second-order valence-corrected chi connectivity index (χ2v) is 4.10. The Balaban J connectivity index is 0.00000196. The fourth-order valence-electron chi connectivity index (χ4n) is 1.70. The number of piperidine rings is 1. The molecule has 4 N–H and O–H groups in total. The van der Waals surface area contributed by atoms with E-state index >= 15 is 0 Å². The average molecular weight is 236 g/mol. The average Bonchev–Trinajstić information content (AvgIpc) is 2.20. The molecule has 0 aliphatic carbocycles. The number of hydrogen-bond acceptors (Lipinski definition) is 3. The lowest BCUT2D eigenvalue weighted by atomic mass is 9.95. The maximum atomic E-state index is 11.5. The van der Waals surface area contributed by atoms with Gasteiger partial charge in [0.1, 0.15) is 0 Å². The van der Waals surface area contributed by atoms with Crippen molar-refractivity contribution in [3.05, 3.63) is 0 Å². The van der Waals surface area contributed by atoms with Gasteiger partial charge in [-0.25, -0.2) is 0 Å². The third-order valence-electron chi connectivity index (χ3n) is 2.89. The van der Waals surface area contributed by atoms with Crippen LogP contribution in [0.15, 0.2) is 0 Å². The predicted octanol–water partition coefficient (Wildman–Crippen LogP) is 0.260. The quantitative estimate of drug-likeness (QED) is 0.658. The minimum Gasteiger partial charge on any atom is -0.352 e. The molecule has 0 aromatic carbocycles. The molecule has 15 heavy (non-hydrogen) atoms. The zero-order valence-corrected chi connectivity index (χ0v) is 10.3. The molecule has 0 bridgehead atoms. The highest BCUT2D eigenvalue weighted by molar-refractivity contribution is 5.85. The van der Waals surface area contributed by atoms with Crippen molar-refractivity contribution < 1.29 is 4.79 Å². The molecule has 3 unspecified atom stereocenters. The summed E-state index contributed by atoms with van der Waals surface area (Å²) in [6, 6.07) is -0.0570. The number of rotatable bonds is 3. The Morgan fingerprint density at radius 1 is 1.67 bits per heavy atom. The molecular weight excluding hydrogens is 214 g/mol. The Morgan fingerprint density at radius 2 is 2.33 bits per heavy atom. The zero-order valence-electron chi connectivity index (χ0n) is 9.45. The van der Waals surface area contributed by atoms with E-state index < -0.39 is 0 Å². The molecule has 3 atom stereocenters. The Kier molecular flexibility index (Phi) is 6.89. The van der Waals surface area contributed by atoms with Gasteiger partial charge in [-0.1, -0.05) is 13.8 Å². The van der Waals surface area contributed by atoms with Gasteiger partial charge in [-0.2, -0.15) is 0 Å². The molecule has 1 fully saturated rings. The standard InChI is InChI=1S/C10H21N3O.ClH/c1-3-8(11)10(14)13-9-4-5-12-6-7(9)2;/h7-9,12H,3-6,11H2,1-2H3,(H,13,14);1H. The van der Waals surface area contributed by atoms with Crippen LogP contribution in [0.2, 0.25) is 0 Å². The van der Waals surface area contributed by atoms with Gasteiger partial charge >= 0.3 is 0 Å². The van der Waals surface area contributed by atoms with E-state index in [2.05, 4.69) is 17.6 Å². The lowest BCUT2D eigenvalue weighted by Gasteiger charge is -2.30. The molecule has 1 amide bonds. The number of halogens is 1. The Labute approximate surface area is 97.8 Å². The van der Waals surface area contributed by atoms with Crippen molar-refractivity contribution in [2.45, 2.75) is 38.8 Å². The minimum atomic E-state index is -0.350. The van der Waals surface area contributed by atoms with Gasteiger partial charge in [-0.3, -0.25) is 4.79 Å². The molecule has 0 aromatic rings. The molecular formula is C10H22ClN3O. The number of amides is 1. The minimum absolute atomic E-state index is 0. The summed E-state index contributed by atoms with van der Waals surface area (Å²) in [5.41, 5.74) is 5.65. The van der Waals surface area contributed by atoms with Crippen molar-refractivity contribution in [2.24, 2.45) is 11.7 Å². The highest BCUT2D eigenvalue weighted by atomic mass is 35.5. The number of carbonyl (C=O) groups excluding carboxylic acids is 1. The van der Waals surface area contributed by atoms with E-state index in [1.807, 2.05) is 6.92 Å². The molecule has 0 aromatic heterocycles. The van der Waals surface area contributed by atoms with Crippen LogP contribution in [0.1, 0.15) is 26.7 Å². The van der Waals surface area contributed by atoms with Crippen molar-refractivity contribution in [1.29, 1.82) is 0 Å². The summed E-state index contributed by atoms with van der Waals surface area (Å²) in [7, 11) is 0. The number of carbonyl (C=O) groups is 1. The predicted molar refractivity (Wildman–Crippen MR) is 64.1 cm³/mol. The summed E-state index contributed by atoms with van der Waals surface area (Å²) in [4.78, 5) is 11.5. The molecule has 1 rings (SSSR count). The monoisotopic (exact) mass is 235 g/mol. The molecule has 0 radical (unpaired) electrons. The maximum Gasteiger partial charge on any atom is 0.237 e. The fourth-order valence-corrected chi connectivity index (χ4v) is 1.70. The van der Waals surface area contributed by atoms with Gasteiger partial charge in [-0.15, -0.1) is 12.4 Å². The van der Waals surface area contributed by atoms with Crippen LogP contribution < -0.4 is 16.4 Å². The van der Waals surface area contributed by atoms with Crippen molar-refractivity contribution in [1.82, 2.24) is 10.6 Å². The van der Waals surface area contributed by atoms with Crippen LogP contribution in [0.25, 0.3) is 0 Å². The van der Waals surface area contributed by atoms with Crippen molar-refractivity contribution in [2.75, 3.05) is 13.1 Å². The Morgan fingerprint density at radius 3 is 2.87 bits per heavy atom. The van der Waals surface area contributed by atoms with E-state index in [1.54, 1.807) is 0 Å². The van der Waals surface area contributed by atoms with Gasteiger partial charge in [0.05, 0.1) is 6.04 Å². The third-order valence-corrected chi connectivity index (χ3v) is 2.89. The van der Waals surface area contributed by atoms with Crippen LogP contribution in [0.5, 0.6) is 0 Å². The molecule has 0 saturated carbocycles. The highest BCUT2D eigenvalue weighted by Crippen LogP contribution is 2.10. The first-order chi connectivity index (χ1) is 6.65. The normalized spacial score (nSPS) is 27.7. The second-order valence-electron chi connectivity index (χ2n) is 4.10. The largest absolute Gasteiger partial charge is 0.352 e. The molecule has 0 spiro atoms. The van der Waals surface area contributed by atoms with Gasteiger partial charge in [0.2, 0.25) is 5.91 Å². The van der Waals surface area contributed by atoms with E-state index in [0.29, 0.717) is 18.4 Å². The molecule has 1 heterocycles. The van der Waals surface area contributed by atoms with Crippen LogP contribution in [-0.2, 0) is 4.79 Å². The lowest BCUT2D eigenvalue weighted by Crippen LogP contribution is -2.52. The molecule has 1 saturated heterocycles. The summed E-state index contributed by atoms with van der Waals surface area (Å²) in [6.07, 6.45) is 1.70. The summed E-state index contributed by atoms with van der Waals surface area (Å²) >= 11 is 0. The van der Waals surface area contributed by atoms with E-state index in [0.717, 1.165) is 19.5 Å². The van der Waals surface area contributed by atoms with Crippen LogP contribution in [-0.4, -0.2) is 31.1 Å². The molecule has 90 valence electrons. The Bertz CT molecular complexity index is 201. The topological polar surface area (TPSA) is 67.2 Å². The van der Waals surface area contributed by atoms with Gasteiger partial charge in [-0.05, 0) is 31.8 Å². The first-order valence-corrected chi connectivity index (χ1v) is 5.41. The van der Waals surface area contributed by atoms with E-state index in [9.17, 15) is 4.79 Å². The van der Waals surface area contributed by atoms with E-state index in [4.69, 9.17) is 5.73 Å². The van der Waals surface area contributed by atoms with Crippen LogP contribution >= 0.6 is 12.4 Å². The molecule has 1 aliphatic heterocycles. The summed E-state index contributed by atoms with van der Waals surface area (Å²) in [5.74, 6) is 0.489. The van der Waals surface area contributed by atoms with E-state index in [-0.39, 0.29) is 24.4 Å². The number of hydrogen-bond donors (Lipinski definition) is 3. The summed E-state index contributed by atoms with van der Waals surface area (Å²) in [5, 5.41) is 6.31. The molecule has 4 nitrogen and oxygen atoms in total. The maximum absolute atomic E-state index is 11.5. The van der Waals surface area contributed by atoms with Gasteiger partial charge in [0, 0.05) is 6.04 Å². The number of nitrogens with two attached hydrogens (primary N) is 1. The van der Waals surface area contributed by atoms with Crippen molar-refractivity contribution >= 4 is 18.3 Å². The SMILES string of the molecule is CCC(N)C(=O)NC1CCNCC1C.Cl. The van der Waals surface area contributed by atoms with Crippen molar-refractivity contribution in [3.8, 4) is 0 Å². The zero-order chi connectivity index (χ0) is 10.6. The smallest absolute Gasteiger partial charge is 0.237 e. The highest BCUT2D eigenvalue weighted by Gasteiger charge is 2.23. The second kappa shape index (κ2) is 7.04. The first-order valence-electron chi connectivity index (χ1n) is 5.41. The summed E-state index contributed by atoms with van der Waals surface area (Å²) < 4.78 is 0. The van der Waals surface area contributed by atoms with Gasteiger partial charge < -0.3 is 16.4 Å². The fraction of sp³-hybridized carbons (Fsp3) is 0.900. The third kappa shape index (κ3) is 4.36.